The van der Waals surface area contributed by atoms with Gasteiger partial charge in [-0.3, -0.25) is 9.59 Å². The van der Waals surface area contributed by atoms with Crippen molar-refractivity contribution in [3.05, 3.63) is 0 Å². The molecule has 0 aliphatic carbocycles. The first kappa shape index (κ1) is 21.9. The van der Waals surface area contributed by atoms with Gasteiger partial charge in [-0.1, -0.05) is 58.8 Å². The molecule has 4 heteroatoms. The summed E-state index contributed by atoms with van der Waals surface area (Å²) in [6, 6.07) is 0. The van der Waals surface area contributed by atoms with E-state index in [1.54, 1.807) is 0 Å². The molecule has 23 heavy (non-hydrogen) atoms. The molecular weight excluding hydrogens is 292 g/mol. The van der Waals surface area contributed by atoms with Crippen molar-refractivity contribution >= 4 is 11.9 Å². The van der Waals surface area contributed by atoms with Gasteiger partial charge in [-0.05, 0) is 25.7 Å². The molecule has 0 aromatic heterocycles. The minimum absolute atomic E-state index is 0.144. The Hall–Kier alpha value is -1.06. The van der Waals surface area contributed by atoms with E-state index < -0.39 is 0 Å². The highest BCUT2D eigenvalue weighted by molar-refractivity contribution is 5.70. The van der Waals surface area contributed by atoms with Crippen molar-refractivity contribution in [2.75, 3.05) is 13.2 Å². The molecule has 0 aromatic carbocycles. The predicted molar refractivity (Wildman–Crippen MR) is 93.3 cm³/mol. The van der Waals surface area contributed by atoms with Crippen LogP contribution in [0.25, 0.3) is 0 Å². The van der Waals surface area contributed by atoms with Crippen LogP contribution in [-0.4, -0.2) is 25.2 Å². The molecule has 0 saturated carbocycles. The van der Waals surface area contributed by atoms with Gasteiger partial charge in [0.05, 0.1) is 13.2 Å². The Morgan fingerprint density at radius 1 is 0.565 bits per heavy atom. The molecule has 0 rings (SSSR count). The van der Waals surface area contributed by atoms with Crippen LogP contribution in [0.3, 0.4) is 0 Å². The lowest BCUT2D eigenvalue weighted by molar-refractivity contribution is -0.146. The van der Waals surface area contributed by atoms with E-state index in [0.717, 1.165) is 32.1 Å². The van der Waals surface area contributed by atoms with Crippen molar-refractivity contribution in [2.24, 2.45) is 0 Å². The fraction of sp³-hybridized carbons (Fsp3) is 0.895. The van der Waals surface area contributed by atoms with Gasteiger partial charge in [0.2, 0.25) is 0 Å². The van der Waals surface area contributed by atoms with Crippen LogP contribution in [0.2, 0.25) is 0 Å². The Kier molecular flexibility index (Phi) is 16.5. The van der Waals surface area contributed by atoms with Gasteiger partial charge in [-0.2, -0.15) is 0 Å². The largest absolute Gasteiger partial charge is 0.466 e. The molecule has 0 bridgehead atoms. The average molecular weight is 328 g/mol. The maximum atomic E-state index is 11.5. The van der Waals surface area contributed by atoms with Crippen LogP contribution in [0.15, 0.2) is 0 Å². The smallest absolute Gasteiger partial charge is 0.305 e. The first-order valence-corrected chi connectivity index (χ1v) is 9.52. The summed E-state index contributed by atoms with van der Waals surface area (Å²) in [5.41, 5.74) is 0. The molecule has 0 aromatic rings. The van der Waals surface area contributed by atoms with E-state index in [9.17, 15) is 9.59 Å². The SMILES string of the molecule is CCCCCCCCOC(=O)CCCCC(=O)OCCCCC. The summed E-state index contributed by atoms with van der Waals surface area (Å²) < 4.78 is 10.3. The van der Waals surface area contributed by atoms with Gasteiger partial charge in [0.15, 0.2) is 0 Å². The normalized spacial score (nSPS) is 10.5. The van der Waals surface area contributed by atoms with Crippen molar-refractivity contribution in [1.82, 2.24) is 0 Å². The highest BCUT2D eigenvalue weighted by Crippen LogP contribution is 2.07. The van der Waals surface area contributed by atoms with Gasteiger partial charge in [0.1, 0.15) is 0 Å². The number of ether oxygens (including phenoxy) is 2. The van der Waals surface area contributed by atoms with Gasteiger partial charge in [-0.15, -0.1) is 0 Å². The summed E-state index contributed by atoms with van der Waals surface area (Å²) in [5.74, 6) is -0.295. The summed E-state index contributed by atoms with van der Waals surface area (Å²) in [5, 5.41) is 0. The number of hydrogen-bond acceptors (Lipinski definition) is 4. The number of rotatable bonds is 16. The number of carbonyl (C=O) groups excluding carboxylic acids is 2. The van der Waals surface area contributed by atoms with Gasteiger partial charge in [0, 0.05) is 12.8 Å². The second-order valence-electron chi connectivity index (χ2n) is 6.12. The molecule has 0 aliphatic rings. The minimum Gasteiger partial charge on any atom is -0.466 e. The topological polar surface area (TPSA) is 52.6 Å². The number of carbonyl (C=O) groups is 2. The van der Waals surface area contributed by atoms with Gasteiger partial charge < -0.3 is 9.47 Å². The zero-order chi connectivity index (χ0) is 17.2. The Bertz CT molecular complexity index is 289. The number of esters is 2. The molecule has 0 unspecified atom stereocenters. The molecule has 0 spiro atoms. The van der Waals surface area contributed by atoms with Crippen LogP contribution in [0.4, 0.5) is 0 Å². The van der Waals surface area contributed by atoms with Crippen LogP contribution < -0.4 is 0 Å². The highest BCUT2D eigenvalue weighted by atomic mass is 16.5. The lowest BCUT2D eigenvalue weighted by atomic mass is 10.1. The quantitative estimate of drug-likeness (QED) is 0.289. The molecule has 0 atom stereocenters. The third-order valence-corrected chi connectivity index (χ3v) is 3.78. The van der Waals surface area contributed by atoms with E-state index in [-0.39, 0.29) is 11.9 Å². The predicted octanol–water partition coefficient (Wildman–Crippen LogP) is 5.18. The fourth-order valence-electron chi connectivity index (χ4n) is 2.29. The Labute approximate surface area is 142 Å². The number of hydrogen-bond donors (Lipinski definition) is 0. The average Bonchev–Trinajstić information content (AvgIpc) is 2.55. The maximum absolute atomic E-state index is 11.5. The van der Waals surface area contributed by atoms with Crippen molar-refractivity contribution in [1.29, 1.82) is 0 Å². The summed E-state index contributed by atoms with van der Waals surface area (Å²) in [7, 11) is 0. The third kappa shape index (κ3) is 17.1. The molecule has 136 valence electrons. The van der Waals surface area contributed by atoms with E-state index in [0.29, 0.717) is 38.9 Å². The zero-order valence-corrected chi connectivity index (χ0v) is 15.2. The Morgan fingerprint density at radius 2 is 0.957 bits per heavy atom. The van der Waals surface area contributed by atoms with Gasteiger partial charge in [0.25, 0.3) is 0 Å². The second kappa shape index (κ2) is 17.3. The molecule has 0 heterocycles. The molecule has 0 radical (unpaired) electrons. The van der Waals surface area contributed by atoms with E-state index in [1.807, 2.05) is 0 Å². The summed E-state index contributed by atoms with van der Waals surface area (Å²) in [6.07, 6.45) is 12.5. The molecule has 0 amide bonds. The van der Waals surface area contributed by atoms with Gasteiger partial charge in [-0.25, -0.2) is 0 Å². The molecule has 0 N–H and O–H groups in total. The van der Waals surface area contributed by atoms with E-state index in [4.69, 9.17) is 9.47 Å². The van der Waals surface area contributed by atoms with Crippen molar-refractivity contribution in [3.63, 3.8) is 0 Å². The summed E-state index contributed by atoms with van der Waals surface area (Å²) in [4.78, 5) is 23.0. The van der Waals surface area contributed by atoms with Crippen molar-refractivity contribution in [3.8, 4) is 0 Å². The zero-order valence-electron chi connectivity index (χ0n) is 15.2. The van der Waals surface area contributed by atoms with Gasteiger partial charge >= 0.3 is 11.9 Å². The van der Waals surface area contributed by atoms with Crippen molar-refractivity contribution in [2.45, 2.75) is 97.3 Å². The Balaban J connectivity index is 3.31. The minimum atomic E-state index is -0.151. The van der Waals surface area contributed by atoms with Crippen molar-refractivity contribution < 1.29 is 19.1 Å². The summed E-state index contributed by atoms with van der Waals surface area (Å²) >= 11 is 0. The highest BCUT2D eigenvalue weighted by Gasteiger charge is 2.06. The second-order valence-corrected chi connectivity index (χ2v) is 6.12. The van der Waals surface area contributed by atoms with Crippen LogP contribution in [0.5, 0.6) is 0 Å². The standard InChI is InChI=1S/C19H36O4/c1-3-5-7-8-9-13-17-23-19(21)15-11-10-14-18(20)22-16-12-6-4-2/h3-17H2,1-2H3. The lowest BCUT2D eigenvalue weighted by Crippen LogP contribution is -2.08. The number of unbranched alkanes of at least 4 members (excludes halogenated alkanes) is 8. The van der Waals surface area contributed by atoms with E-state index in [1.165, 1.54) is 25.7 Å². The van der Waals surface area contributed by atoms with E-state index >= 15 is 0 Å². The Morgan fingerprint density at radius 3 is 1.48 bits per heavy atom. The third-order valence-electron chi connectivity index (χ3n) is 3.78. The van der Waals surface area contributed by atoms with E-state index in [2.05, 4.69) is 13.8 Å². The van der Waals surface area contributed by atoms with Crippen LogP contribution in [0, 0.1) is 0 Å². The fourth-order valence-corrected chi connectivity index (χ4v) is 2.29. The lowest BCUT2D eigenvalue weighted by Gasteiger charge is -2.06. The molecule has 4 nitrogen and oxygen atoms in total. The first-order chi connectivity index (χ1) is 11.2. The molecule has 0 saturated heterocycles. The maximum Gasteiger partial charge on any atom is 0.305 e. The van der Waals surface area contributed by atoms with Crippen LogP contribution in [0.1, 0.15) is 97.3 Å². The molecule has 0 aliphatic heterocycles. The summed E-state index contributed by atoms with van der Waals surface area (Å²) in [6.45, 7) is 5.37. The first-order valence-electron chi connectivity index (χ1n) is 9.52. The monoisotopic (exact) mass is 328 g/mol. The van der Waals surface area contributed by atoms with Crippen LogP contribution >= 0.6 is 0 Å². The molecule has 0 fully saturated rings. The molecular formula is C19H36O4. The van der Waals surface area contributed by atoms with Crippen LogP contribution in [-0.2, 0) is 19.1 Å².